The maximum atomic E-state index is 9.93. The van der Waals surface area contributed by atoms with E-state index in [1.165, 1.54) is 0 Å². The average Bonchev–Trinajstić information content (AvgIpc) is 2.51. The van der Waals surface area contributed by atoms with Gasteiger partial charge in [-0.2, -0.15) is 5.26 Å². The monoisotopic (exact) mass is 469 g/mol. The largest absolute Gasteiger partial charge is 0.503 e. The Morgan fingerprint density at radius 3 is 2.64 bits per heavy atom. The van der Waals surface area contributed by atoms with Crippen molar-refractivity contribution in [3.8, 4) is 17.6 Å². The van der Waals surface area contributed by atoms with Crippen molar-refractivity contribution < 1.29 is 9.84 Å². The fourth-order valence-corrected chi connectivity index (χ4v) is 2.74. The summed E-state index contributed by atoms with van der Waals surface area (Å²) in [6.07, 6.45) is 1.77. The van der Waals surface area contributed by atoms with Gasteiger partial charge in [0.05, 0.1) is 22.7 Å². The third-order valence-electron chi connectivity index (χ3n) is 2.94. The van der Waals surface area contributed by atoms with Crippen molar-refractivity contribution in [3.05, 3.63) is 55.6 Å². The van der Waals surface area contributed by atoms with Gasteiger partial charge in [-0.3, -0.25) is 0 Å². The summed E-state index contributed by atoms with van der Waals surface area (Å²) < 4.78 is 7.05. The summed E-state index contributed by atoms with van der Waals surface area (Å²) in [5.74, 6) is 0.454. The van der Waals surface area contributed by atoms with Gasteiger partial charge in [-0.25, -0.2) is 0 Å². The SMILES string of the molecule is CCOc1cc(/C=C(/C#N)c2ccc(I)cc2)cc(Br)c1O. The van der Waals surface area contributed by atoms with Gasteiger partial charge in [0.15, 0.2) is 11.5 Å². The zero-order valence-electron chi connectivity index (χ0n) is 11.8. The molecule has 1 N–H and O–H groups in total. The molecule has 3 nitrogen and oxygen atoms in total. The molecule has 0 saturated carbocycles. The normalized spacial score (nSPS) is 11.1. The second-order valence-corrected chi connectivity index (χ2v) is 6.56. The maximum absolute atomic E-state index is 9.93. The van der Waals surface area contributed by atoms with Gasteiger partial charge in [0.2, 0.25) is 0 Å². The molecule has 0 amide bonds. The highest BCUT2D eigenvalue weighted by Crippen LogP contribution is 2.36. The molecule has 0 aromatic heterocycles. The summed E-state index contributed by atoms with van der Waals surface area (Å²) in [6, 6.07) is 13.4. The van der Waals surface area contributed by atoms with E-state index in [9.17, 15) is 10.4 Å². The van der Waals surface area contributed by atoms with Gasteiger partial charge >= 0.3 is 0 Å². The van der Waals surface area contributed by atoms with Crippen LogP contribution in [0.2, 0.25) is 0 Å². The third-order valence-corrected chi connectivity index (χ3v) is 4.26. The van der Waals surface area contributed by atoms with Crippen LogP contribution in [0.25, 0.3) is 11.6 Å². The van der Waals surface area contributed by atoms with Gasteiger partial charge in [-0.05, 0) is 86.9 Å². The molecule has 22 heavy (non-hydrogen) atoms. The maximum Gasteiger partial charge on any atom is 0.172 e. The van der Waals surface area contributed by atoms with Gasteiger partial charge in [0.25, 0.3) is 0 Å². The highest BCUT2D eigenvalue weighted by molar-refractivity contribution is 14.1. The van der Waals surface area contributed by atoms with Crippen molar-refractivity contribution in [3.63, 3.8) is 0 Å². The topological polar surface area (TPSA) is 53.2 Å². The first-order chi connectivity index (χ1) is 10.5. The van der Waals surface area contributed by atoms with Crippen LogP contribution >= 0.6 is 38.5 Å². The zero-order valence-corrected chi connectivity index (χ0v) is 15.6. The Labute approximate surface area is 151 Å². The van der Waals surface area contributed by atoms with E-state index in [1.54, 1.807) is 18.2 Å². The zero-order chi connectivity index (χ0) is 16.1. The fraction of sp³-hybridized carbons (Fsp3) is 0.118. The highest BCUT2D eigenvalue weighted by Gasteiger charge is 2.09. The molecule has 0 radical (unpaired) electrons. The Morgan fingerprint density at radius 2 is 2.05 bits per heavy atom. The Hall–Kier alpha value is -1.52. The Morgan fingerprint density at radius 1 is 1.36 bits per heavy atom. The number of halogens is 2. The quantitative estimate of drug-likeness (QED) is 0.379. The van der Waals surface area contributed by atoms with Crippen LogP contribution in [-0.4, -0.2) is 11.7 Å². The van der Waals surface area contributed by atoms with Crippen LogP contribution in [-0.2, 0) is 0 Å². The number of phenolic OH excluding ortho intramolecular Hbond substituents is 1. The molecule has 112 valence electrons. The van der Waals surface area contributed by atoms with Gasteiger partial charge in [-0.15, -0.1) is 0 Å². The lowest BCUT2D eigenvalue weighted by Crippen LogP contribution is -1.93. The van der Waals surface area contributed by atoms with E-state index in [1.807, 2.05) is 31.2 Å². The Balaban J connectivity index is 2.46. The molecule has 0 aliphatic carbocycles. The number of benzene rings is 2. The number of aromatic hydroxyl groups is 1. The van der Waals surface area contributed by atoms with Crippen LogP contribution in [0, 0.1) is 14.9 Å². The van der Waals surface area contributed by atoms with E-state index in [2.05, 4.69) is 44.6 Å². The minimum Gasteiger partial charge on any atom is -0.503 e. The average molecular weight is 470 g/mol. The molecule has 2 aromatic rings. The lowest BCUT2D eigenvalue weighted by atomic mass is 10.0. The van der Waals surface area contributed by atoms with Crippen molar-refractivity contribution in [2.75, 3.05) is 6.61 Å². The first kappa shape index (κ1) is 16.8. The van der Waals surface area contributed by atoms with Crippen molar-refractivity contribution in [1.82, 2.24) is 0 Å². The molecule has 0 saturated heterocycles. The molecular weight excluding hydrogens is 457 g/mol. The minimum absolute atomic E-state index is 0.0618. The first-order valence-corrected chi connectivity index (χ1v) is 8.45. The van der Waals surface area contributed by atoms with Crippen LogP contribution in [0.3, 0.4) is 0 Å². The molecule has 0 unspecified atom stereocenters. The van der Waals surface area contributed by atoms with Gasteiger partial charge in [0, 0.05) is 3.57 Å². The summed E-state index contributed by atoms with van der Waals surface area (Å²) in [5.41, 5.74) is 2.18. The van der Waals surface area contributed by atoms with Gasteiger partial charge < -0.3 is 9.84 Å². The first-order valence-electron chi connectivity index (χ1n) is 6.58. The lowest BCUT2D eigenvalue weighted by molar-refractivity contribution is 0.317. The third kappa shape index (κ3) is 4.02. The summed E-state index contributed by atoms with van der Waals surface area (Å²) in [4.78, 5) is 0. The molecule has 2 rings (SSSR count). The van der Waals surface area contributed by atoms with Gasteiger partial charge in [0.1, 0.15) is 0 Å². The van der Waals surface area contributed by atoms with Crippen LogP contribution in [0.15, 0.2) is 40.9 Å². The van der Waals surface area contributed by atoms with Crippen LogP contribution in [0.5, 0.6) is 11.5 Å². The van der Waals surface area contributed by atoms with Crippen molar-refractivity contribution in [2.24, 2.45) is 0 Å². The van der Waals surface area contributed by atoms with Crippen LogP contribution < -0.4 is 4.74 Å². The smallest absolute Gasteiger partial charge is 0.172 e. The Bertz CT molecular complexity index is 748. The van der Waals surface area contributed by atoms with E-state index < -0.39 is 0 Å². The van der Waals surface area contributed by atoms with Crippen LogP contribution in [0.4, 0.5) is 0 Å². The number of allylic oxidation sites excluding steroid dienone is 1. The van der Waals surface area contributed by atoms with E-state index in [4.69, 9.17) is 4.74 Å². The molecular formula is C17H13BrINO2. The summed E-state index contributed by atoms with van der Waals surface area (Å²) in [5, 5.41) is 19.3. The summed E-state index contributed by atoms with van der Waals surface area (Å²) in [7, 11) is 0. The Kier molecular flexibility index (Phi) is 5.86. The number of phenols is 1. The second kappa shape index (κ2) is 7.65. The molecule has 0 aliphatic rings. The predicted octanol–water partition coefficient (Wildman–Crippen LogP) is 5.22. The molecule has 5 heteroatoms. The predicted molar refractivity (Wildman–Crippen MR) is 99.6 cm³/mol. The summed E-state index contributed by atoms with van der Waals surface area (Å²) in [6.45, 7) is 2.30. The molecule has 0 bridgehead atoms. The van der Waals surface area contributed by atoms with E-state index in [0.29, 0.717) is 22.4 Å². The fourth-order valence-electron chi connectivity index (χ4n) is 1.92. The number of ether oxygens (including phenoxy) is 1. The standard InChI is InChI=1S/C17H13BrINO2/c1-2-22-16-9-11(8-15(18)17(16)21)7-13(10-20)12-3-5-14(19)6-4-12/h3-9,21H,2H2,1H3/b13-7-. The van der Waals surface area contributed by atoms with Crippen LogP contribution in [0.1, 0.15) is 18.1 Å². The number of nitrogens with zero attached hydrogens (tertiary/aromatic N) is 1. The molecule has 0 spiro atoms. The number of hydrogen-bond acceptors (Lipinski definition) is 3. The highest BCUT2D eigenvalue weighted by atomic mass is 127. The number of hydrogen-bond donors (Lipinski definition) is 1. The molecule has 0 aliphatic heterocycles. The van der Waals surface area contributed by atoms with Crippen molar-refractivity contribution in [2.45, 2.75) is 6.92 Å². The van der Waals surface area contributed by atoms with E-state index in [0.717, 1.165) is 14.7 Å². The number of nitriles is 1. The molecule has 0 heterocycles. The molecule has 0 atom stereocenters. The molecule has 2 aromatic carbocycles. The lowest BCUT2D eigenvalue weighted by Gasteiger charge is -2.09. The van der Waals surface area contributed by atoms with E-state index in [-0.39, 0.29) is 5.75 Å². The van der Waals surface area contributed by atoms with Gasteiger partial charge in [-0.1, -0.05) is 12.1 Å². The van der Waals surface area contributed by atoms with Crippen molar-refractivity contribution >= 4 is 50.2 Å². The minimum atomic E-state index is 0.0618. The molecule has 0 fully saturated rings. The summed E-state index contributed by atoms with van der Waals surface area (Å²) >= 11 is 5.53. The van der Waals surface area contributed by atoms with E-state index >= 15 is 0 Å². The number of rotatable bonds is 4. The van der Waals surface area contributed by atoms with Crippen molar-refractivity contribution in [1.29, 1.82) is 5.26 Å². The second-order valence-electron chi connectivity index (χ2n) is 4.46.